The van der Waals surface area contributed by atoms with Gasteiger partial charge in [0, 0.05) is 20.3 Å². The Labute approximate surface area is 101 Å². The maximum absolute atomic E-state index is 11.4. The molecular formula is C9H19NO6S. The van der Waals surface area contributed by atoms with Gasteiger partial charge in [-0.1, -0.05) is 0 Å². The van der Waals surface area contributed by atoms with E-state index in [0.717, 1.165) is 0 Å². The summed E-state index contributed by atoms with van der Waals surface area (Å²) in [5, 5.41) is 8.54. The van der Waals surface area contributed by atoms with E-state index in [2.05, 4.69) is 4.72 Å². The lowest BCUT2D eigenvalue weighted by Gasteiger charge is -2.14. The number of hydrogen-bond donors (Lipinski definition) is 2. The molecule has 1 atom stereocenters. The monoisotopic (exact) mass is 269 g/mol. The first-order valence-corrected chi connectivity index (χ1v) is 6.86. The Balaban J connectivity index is 4.01. The molecule has 0 bridgehead atoms. The quantitative estimate of drug-likeness (QED) is 0.515. The number of aliphatic carboxylic acids is 1. The maximum atomic E-state index is 11.4. The van der Waals surface area contributed by atoms with Crippen LogP contribution in [-0.2, 0) is 24.3 Å². The van der Waals surface area contributed by atoms with Crippen molar-refractivity contribution in [1.82, 2.24) is 4.72 Å². The molecule has 0 saturated heterocycles. The van der Waals surface area contributed by atoms with Crippen molar-refractivity contribution >= 4 is 16.0 Å². The van der Waals surface area contributed by atoms with Crippen molar-refractivity contribution in [1.29, 1.82) is 0 Å². The Morgan fingerprint density at radius 1 is 1.47 bits per heavy atom. The molecule has 0 aromatic rings. The number of carboxylic acid groups (broad SMARTS) is 1. The molecule has 1 unspecified atom stereocenters. The zero-order chi connectivity index (χ0) is 13.3. The molecule has 17 heavy (non-hydrogen) atoms. The van der Waals surface area contributed by atoms with Crippen molar-refractivity contribution in [3.8, 4) is 0 Å². The Kier molecular flexibility index (Phi) is 8.05. The molecule has 0 radical (unpaired) electrons. The van der Waals surface area contributed by atoms with Crippen LogP contribution in [0.1, 0.15) is 13.3 Å². The first kappa shape index (κ1) is 16.3. The van der Waals surface area contributed by atoms with E-state index in [1.54, 1.807) is 6.92 Å². The minimum absolute atomic E-state index is 0.0583. The van der Waals surface area contributed by atoms with Crippen LogP contribution in [0, 0.1) is 0 Å². The molecule has 0 heterocycles. The van der Waals surface area contributed by atoms with Gasteiger partial charge < -0.3 is 14.6 Å². The van der Waals surface area contributed by atoms with Crippen LogP contribution in [0.3, 0.4) is 0 Å². The average Bonchev–Trinajstić information content (AvgIpc) is 2.24. The number of carbonyl (C=O) groups is 1. The lowest BCUT2D eigenvalue weighted by atomic mass is 10.2. The second-order valence-electron chi connectivity index (χ2n) is 3.32. The standard InChI is InChI=1S/C9H19NO6S/c1-3-16-4-5-17(13,14)10-7-8(15-2)6-9(11)12/h8,10H,3-7H2,1-2H3,(H,11,12). The van der Waals surface area contributed by atoms with Crippen LogP contribution in [0.4, 0.5) is 0 Å². The van der Waals surface area contributed by atoms with Crippen molar-refractivity contribution in [2.45, 2.75) is 19.4 Å². The summed E-state index contributed by atoms with van der Waals surface area (Å²) in [6.45, 7) is 2.28. The zero-order valence-corrected chi connectivity index (χ0v) is 10.8. The molecule has 0 aliphatic rings. The maximum Gasteiger partial charge on any atom is 0.306 e. The molecule has 0 fully saturated rings. The van der Waals surface area contributed by atoms with E-state index in [0.29, 0.717) is 6.61 Å². The summed E-state index contributed by atoms with van der Waals surface area (Å²) in [5.41, 5.74) is 0. The lowest BCUT2D eigenvalue weighted by Crippen LogP contribution is -2.36. The number of sulfonamides is 1. The second kappa shape index (κ2) is 8.40. The van der Waals surface area contributed by atoms with Crippen LogP contribution < -0.4 is 4.72 Å². The van der Waals surface area contributed by atoms with Crippen molar-refractivity contribution < 1.29 is 27.8 Å². The molecule has 0 aromatic heterocycles. The Bertz CT molecular complexity index is 315. The third-order valence-corrected chi connectivity index (χ3v) is 3.28. The summed E-state index contributed by atoms with van der Waals surface area (Å²) < 4.78 is 34.9. The topological polar surface area (TPSA) is 102 Å². The lowest BCUT2D eigenvalue weighted by molar-refractivity contribution is -0.139. The van der Waals surface area contributed by atoms with Crippen molar-refractivity contribution in [3.05, 3.63) is 0 Å². The fourth-order valence-electron chi connectivity index (χ4n) is 1.04. The van der Waals surface area contributed by atoms with Gasteiger partial charge in [-0.15, -0.1) is 0 Å². The van der Waals surface area contributed by atoms with Gasteiger partial charge in [0.2, 0.25) is 10.0 Å². The molecule has 2 N–H and O–H groups in total. The Morgan fingerprint density at radius 3 is 2.59 bits per heavy atom. The van der Waals surface area contributed by atoms with E-state index >= 15 is 0 Å². The van der Waals surface area contributed by atoms with E-state index in [-0.39, 0.29) is 25.3 Å². The summed E-state index contributed by atoms with van der Waals surface area (Å²) in [6.07, 6.45) is -0.917. The minimum Gasteiger partial charge on any atom is -0.481 e. The van der Waals surface area contributed by atoms with Crippen molar-refractivity contribution in [2.24, 2.45) is 0 Å². The van der Waals surface area contributed by atoms with Gasteiger partial charge in [-0.2, -0.15) is 0 Å². The van der Waals surface area contributed by atoms with Gasteiger partial charge in [0.25, 0.3) is 0 Å². The first-order chi connectivity index (χ1) is 7.91. The first-order valence-electron chi connectivity index (χ1n) is 5.21. The van der Waals surface area contributed by atoms with Crippen LogP contribution in [0.2, 0.25) is 0 Å². The fourth-order valence-corrected chi connectivity index (χ4v) is 1.96. The van der Waals surface area contributed by atoms with Gasteiger partial charge in [0.15, 0.2) is 0 Å². The van der Waals surface area contributed by atoms with E-state index in [1.807, 2.05) is 0 Å². The molecule has 0 spiro atoms. The number of carboxylic acids is 1. The highest BCUT2D eigenvalue weighted by Gasteiger charge is 2.16. The Hall–Kier alpha value is -0.700. The van der Waals surface area contributed by atoms with Gasteiger partial charge in [-0.05, 0) is 6.92 Å². The van der Waals surface area contributed by atoms with Gasteiger partial charge in [-0.25, -0.2) is 13.1 Å². The molecule has 0 aliphatic heterocycles. The van der Waals surface area contributed by atoms with Gasteiger partial charge in [0.1, 0.15) is 0 Å². The SMILES string of the molecule is CCOCCS(=O)(=O)NCC(CC(=O)O)OC. The van der Waals surface area contributed by atoms with E-state index in [4.69, 9.17) is 14.6 Å². The van der Waals surface area contributed by atoms with Crippen molar-refractivity contribution in [3.63, 3.8) is 0 Å². The number of rotatable bonds is 10. The highest BCUT2D eigenvalue weighted by molar-refractivity contribution is 7.89. The number of nitrogens with one attached hydrogen (secondary N) is 1. The normalized spacial score (nSPS) is 13.5. The molecule has 0 aromatic carbocycles. The molecular weight excluding hydrogens is 250 g/mol. The third-order valence-electron chi connectivity index (χ3n) is 1.97. The molecule has 0 rings (SSSR count). The smallest absolute Gasteiger partial charge is 0.306 e. The van der Waals surface area contributed by atoms with Gasteiger partial charge in [0.05, 0.1) is 24.9 Å². The largest absolute Gasteiger partial charge is 0.481 e. The number of ether oxygens (including phenoxy) is 2. The molecule has 0 aliphatic carbocycles. The molecule has 102 valence electrons. The molecule has 8 heteroatoms. The predicted octanol–water partition coefficient (Wildman–Crippen LogP) is -0.568. The van der Waals surface area contributed by atoms with E-state index < -0.39 is 22.1 Å². The van der Waals surface area contributed by atoms with Crippen LogP contribution >= 0.6 is 0 Å². The third kappa shape index (κ3) is 9.04. The predicted molar refractivity (Wildman–Crippen MR) is 61.3 cm³/mol. The summed E-state index contributed by atoms with van der Waals surface area (Å²) in [7, 11) is -2.11. The summed E-state index contributed by atoms with van der Waals surface area (Å²) in [5.74, 6) is -1.19. The Morgan fingerprint density at radius 2 is 2.12 bits per heavy atom. The zero-order valence-electron chi connectivity index (χ0n) is 10.0. The summed E-state index contributed by atoms with van der Waals surface area (Å²) >= 11 is 0. The second-order valence-corrected chi connectivity index (χ2v) is 5.25. The highest BCUT2D eigenvalue weighted by atomic mass is 32.2. The number of methoxy groups -OCH3 is 1. The molecule has 0 saturated carbocycles. The van der Waals surface area contributed by atoms with Gasteiger partial charge >= 0.3 is 5.97 Å². The van der Waals surface area contributed by atoms with E-state index in [1.165, 1.54) is 7.11 Å². The van der Waals surface area contributed by atoms with Crippen LogP contribution in [-0.4, -0.2) is 58.2 Å². The highest BCUT2D eigenvalue weighted by Crippen LogP contribution is 1.97. The van der Waals surface area contributed by atoms with Gasteiger partial charge in [-0.3, -0.25) is 4.79 Å². The average molecular weight is 269 g/mol. The van der Waals surface area contributed by atoms with Crippen LogP contribution in [0.25, 0.3) is 0 Å². The molecule has 0 amide bonds. The van der Waals surface area contributed by atoms with E-state index in [9.17, 15) is 13.2 Å². The summed E-state index contributed by atoms with van der Waals surface area (Å²) in [6, 6.07) is 0. The van der Waals surface area contributed by atoms with Crippen molar-refractivity contribution in [2.75, 3.05) is 32.6 Å². The molecule has 7 nitrogen and oxygen atoms in total. The van der Waals surface area contributed by atoms with Crippen LogP contribution in [0.15, 0.2) is 0 Å². The fraction of sp³-hybridized carbons (Fsp3) is 0.889. The van der Waals surface area contributed by atoms with Crippen LogP contribution in [0.5, 0.6) is 0 Å². The summed E-state index contributed by atoms with van der Waals surface area (Å²) in [4.78, 5) is 10.4. The number of hydrogen-bond acceptors (Lipinski definition) is 5. The minimum atomic E-state index is -3.44.